The van der Waals surface area contributed by atoms with Gasteiger partial charge in [-0.3, -0.25) is 4.21 Å². The van der Waals surface area contributed by atoms with Crippen molar-refractivity contribution in [3.05, 3.63) is 35.3 Å². The van der Waals surface area contributed by atoms with Gasteiger partial charge >= 0.3 is 0 Å². The molecule has 0 aliphatic heterocycles. The number of tetrazole rings is 1. The van der Waals surface area contributed by atoms with Gasteiger partial charge in [0, 0.05) is 16.2 Å². The fourth-order valence-corrected chi connectivity index (χ4v) is 4.11. The van der Waals surface area contributed by atoms with Crippen molar-refractivity contribution in [2.75, 3.05) is 0 Å². The molecule has 114 valence electrons. The van der Waals surface area contributed by atoms with Crippen LogP contribution in [0.5, 0.6) is 0 Å². The standard InChI is InChI=1S/C13H13N5O2S2/c19-22(8-12-15-16-17-18(12)10-3-4-10)7-9-6-21-13(14-9)11-2-1-5-20-11/h1-2,5-6,10H,3-4,7-8H2/t22-/m0/s1. The molecule has 0 radical (unpaired) electrons. The van der Waals surface area contributed by atoms with Gasteiger partial charge in [-0.25, -0.2) is 9.67 Å². The SMILES string of the molecule is O=[S@@](Cc1csc(-c2ccco2)n1)Cc1nnnn1C1CC1. The van der Waals surface area contributed by atoms with E-state index in [4.69, 9.17) is 4.42 Å². The predicted octanol–water partition coefficient (Wildman–Crippen LogP) is 2.17. The molecule has 0 aromatic carbocycles. The van der Waals surface area contributed by atoms with E-state index in [2.05, 4.69) is 20.5 Å². The van der Waals surface area contributed by atoms with Crippen LogP contribution in [0.1, 0.15) is 30.4 Å². The van der Waals surface area contributed by atoms with E-state index in [1.807, 2.05) is 17.5 Å². The van der Waals surface area contributed by atoms with Gasteiger partial charge < -0.3 is 4.42 Å². The third-order valence-electron chi connectivity index (χ3n) is 3.34. The summed E-state index contributed by atoms with van der Waals surface area (Å²) in [6, 6.07) is 4.09. The molecule has 3 aromatic heterocycles. The molecule has 0 amide bonds. The van der Waals surface area contributed by atoms with Gasteiger partial charge in [0.05, 0.1) is 29.5 Å². The monoisotopic (exact) mass is 335 g/mol. The minimum Gasteiger partial charge on any atom is -0.462 e. The first kappa shape index (κ1) is 13.8. The molecule has 1 aliphatic carbocycles. The van der Waals surface area contributed by atoms with E-state index in [9.17, 15) is 4.21 Å². The fraction of sp³-hybridized carbons (Fsp3) is 0.385. The highest BCUT2D eigenvalue weighted by molar-refractivity contribution is 7.83. The second-order valence-electron chi connectivity index (χ2n) is 5.12. The van der Waals surface area contributed by atoms with Gasteiger partial charge in [0.2, 0.25) is 0 Å². The van der Waals surface area contributed by atoms with E-state index in [0.717, 1.165) is 29.3 Å². The minimum absolute atomic E-state index is 0.358. The Morgan fingerprint density at radius 3 is 3.09 bits per heavy atom. The topological polar surface area (TPSA) is 86.7 Å². The van der Waals surface area contributed by atoms with Crippen molar-refractivity contribution in [2.45, 2.75) is 30.4 Å². The third kappa shape index (κ3) is 2.86. The van der Waals surface area contributed by atoms with Gasteiger partial charge in [0.15, 0.2) is 16.6 Å². The Morgan fingerprint density at radius 2 is 2.32 bits per heavy atom. The van der Waals surface area contributed by atoms with E-state index in [-0.39, 0.29) is 0 Å². The summed E-state index contributed by atoms with van der Waals surface area (Å²) in [6.07, 6.45) is 3.82. The van der Waals surface area contributed by atoms with Crippen LogP contribution in [0, 0.1) is 0 Å². The van der Waals surface area contributed by atoms with Gasteiger partial charge in [0.25, 0.3) is 0 Å². The van der Waals surface area contributed by atoms with Crippen LogP contribution in [0.2, 0.25) is 0 Å². The Bertz CT molecular complexity index is 791. The van der Waals surface area contributed by atoms with Crippen LogP contribution in [0.3, 0.4) is 0 Å². The Morgan fingerprint density at radius 1 is 1.41 bits per heavy atom. The number of thiazole rings is 1. The fourth-order valence-electron chi connectivity index (χ4n) is 2.16. The summed E-state index contributed by atoms with van der Waals surface area (Å²) < 4.78 is 19.4. The second kappa shape index (κ2) is 5.73. The number of rotatable bonds is 6. The Hall–Kier alpha value is -1.87. The summed E-state index contributed by atoms with van der Waals surface area (Å²) >= 11 is 1.49. The first-order chi connectivity index (χ1) is 10.8. The molecule has 1 aliphatic rings. The molecule has 7 nitrogen and oxygen atoms in total. The van der Waals surface area contributed by atoms with E-state index in [1.165, 1.54) is 11.3 Å². The molecule has 0 bridgehead atoms. The molecule has 0 unspecified atom stereocenters. The smallest absolute Gasteiger partial charge is 0.164 e. The first-order valence-electron chi connectivity index (χ1n) is 6.89. The molecule has 22 heavy (non-hydrogen) atoms. The molecule has 3 aromatic rings. The molecule has 1 saturated carbocycles. The summed E-state index contributed by atoms with van der Waals surface area (Å²) in [7, 11) is -1.08. The van der Waals surface area contributed by atoms with Crippen LogP contribution in [0.4, 0.5) is 0 Å². The number of nitrogens with zero attached hydrogens (tertiary/aromatic N) is 5. The summed E-state index contributed by atoms with van der Waals surface area (Å²) in [5.41, 5.74) is 0.806. The zero-order valence-corrected chi connectivity index (χ0v) is 13.2. The highest BCUT2D eigenvalue weighted by Gasteiger charge is 2.28. The van der Waals surface area contributed by atoms with Gasteiger partial charge in [-0.05, 0) is 35.4 Å². The predicted molar refractivity (Wildman–Crippen MR) is 81.5 cm³/mol. The van der Waals surface area contributed by atoms with Crippen molar-refractivity contribution in [3.63, 3.8) is 0 Å². The lowest BCUT2D eigenvalue weighted by Gasteiger charge is -2.01. The summed E-state index contributed by atoms with van der Waals surface area (Å²) in [4.78, 5) is 4.47. The van der Waals surface area contributed by atoms with Crippen LogP contribution < -0.4 is 0 Å². The summed E-state index contributed by atoms with van der Waals surface area (Å²) in [5, 5.41) is 14.4. The van der Waals surface area contributed by atoms with E-state index in [1.54, 1.807) is 10.9 Å². The Balaban J connectivity index is 1.42. The lowest BCUT2D eigenvalue weighted by Crippen LogP contribution is -2.08. The number of hydrogen-bond acceptors (Lipinski definition) is 7. The molecule has 4 rings (SSSR count). The van der Waals surface area contributed by atoms with Crippen LogP contribution in [-0.4, -0.2) is 29.4 Å². The van der Waals surface area contributed by atoms with E-state index in [0.29, 0.717) is 23.4 Å². The van der Waals surface area contributed by atoms with Gasteiger partial charge in [0.1, 0.15) is 0 Å². The Labute approximate surface area is 132 Å². The van der Waals surface area contributed by atoms with Crippen LogP contribution >= 0.6 is 11.3 Å². The molecule has 0 spiro atoms. The quantitative estimate of drug-likeness (QED) is 0.686. The van der Waals surface area contributed by atoms with Gasteiger partial charge in [-0.15, -0.1) is 16.4 Å². The molecule has 1 atom stereocenters. The molecule has 1 fully saturated rings. The van der Waals surface area contributed by atoms with Crippen molar-refractivity contribution >= 4 is 22.1 Å². The van der Waals surface area contributed by atoms with Crippen molar-refractivity contribution < 1.29 is 8.63 Å². The van der Waals surface area contributed by atoms with Crippen molar-refractivity contribution in [2.24, 2.45) is 0 Å². The lowest BCUT2D eigenvalue weighted by atomic mass is 10.5. The molecule has 0 N–H and O–H groups in total. The van der Waals surface area contributed by atoms with Gasteiger partial charge in [-0.2, -0.15) is 0 Å². The normalized spacial score (nSPS) is 16.0. The zero-order chi connectivity index (χ0) is 14.9. The molecule has 3 heterocycles. The van der Waals surface area contributed by atoms with Crippen molar-refractivity contribution in [1.29, 1.82) is 0 Å². The first-order valence-corrected chi connectivity index (χ1v) is 9.26. The highest BCUT2D eigenvalue weighted by atomic mass is 32.2. The highest BCUT2D eigenvalue weighted by Crippen LogP contribution is 2.34. The number of hydrogen-bond donors (Lipinski definition) is 0. The summed E-state index contributed by atoms with van der Waals surface area (Å²) in [6.45, 7) is 0. The summed E-state index contributed by atoms with van der Waals surface area (Å²) in [5.74, 6) is 2.19. The van der Waals surface area contributed by atoms with Crippen LogP contribution in [-0.2, 0) is 22.3 Å². The van der Waals surface area contributed by atoms with Gasteiger partial charge in [-0.1, -0.05) is 0 Å². The largest absolute Gasteiger partial charge is 0.462 e. The van der Waals surface area contributed by atoms with Crippen molar-refractivity contribution in [1.82, 2.24) is 25.2 Å². The average molecular weight is 335 g/mol. The zero-order valence-electron chi connectivity index (χ0n) is 11.6. The molecular formula is C13H13N5O2S2. The maximum Gasteiger partial charge on any atom is 0.164 e. The number of aromatic nitrogens is 5. The second-order valence-corrected chi connectivity index (χ2v) is 7.44. The van der Waals surface area contributed by atoms with E-state index >= 15 is 0 Å². The maximum absolute atomic E-state index is 12.3. The third-order valence-corrected chi connectivity index (χ3v) is 5.44. The molecule has 0 saturated heterocycles. The van der Waals surface area contributed by atoms with Crippen LogP contribution in [0.15, 0.2) is 28.2 Å². The molecule has 9 heteroatoms. The van der Waals surface area contributed by atoms with Crippen LogP contribution in [0.25, 0.3) is 10.8 Å². The minimum atomic E-state index is -1.08. The number of furan rings is 1. The average Bonchev–Trinajstić information content (AvgIpc) is 2.96. The Kier molecular flexibility index (Phi) is 3.59. The lowest BCUT2D eigenvalue weighted by molar-refractivity contribution is 0.581. The maximum atomic E-state index is 12.3. The van der Waals surface area contributed by atoms with Crippen molar-refractivity contribution in [3.8, 4) is 10.8 Å². The van der Waals surface area contributed by atoms with E-state index < -0.39 is 10.8 Å². The molecular weight excluding hydrogens is 322 g/mol.